The van der Waals surface area contributed by atoms with Gasteiger partial charge in [0.15, 0.2) is 10.3 Å². The minimum atomic E-state index is -0.236. The van der Waals surface area contributed by atoms with E-state index < -0.39 is 0 Å². The Labute approximate surface area is 168 Å². The van der Waals surface area contributed by atoms with Crippen molar-refractivity contribution in [1.29, 1.82) is 5.26 Å². The van der Waals surface area contributed by atoms with Crippen LogP contribution in [0.1, 0.15) is 11.1 Å². The van der Waals surface area contributed by atoms with Crippen LogP contribution < -0.4 is 11.2 Å². The van der Waals surface area contributed by atoms with Crippen LogP contribution in [0, 0.1) is 21.9 Å². The third-order valence-electron chi connectivity index (χ3n) is 4.83. The summed E-state index contributed by atoms with van der Waals surface area (Å²) < 4.78 is 22.7. The molecule has 1 aromatic heterocycles. The Balaban J connectivity index is 1.76. The van der Waals surface area contributed by atoms with Crippen molar-refractivity contribution in [3.63, 3.8) is 0 Å². The Morgan fingerprint density at radius 3 is 2.71 bits per heavy atom. The van der Waals surface area contributed by atoms with Crippen LogP contribution in [0.5, 0.6) is 0 Å². The molecule has 1 aromatic carbocycles. The predicted octanol–water partition coefficient (Wildman–Crippen LogP) is 1.49. The number of benzene rings is 1. The minimum Gasteiger partial charge on any atom is -0.384 e. The highest BCUT2D eigenvalue weighted by atomic mass is 32.1. The SMILES string of the molecule is Cn1c(N)c(C#N)c(=NCC2CN(Cc3ccc(F)cc3)CCO2)n(C)c1=S. The van der Waals surface area contributed by atoms with Gasteiger partial charge in [0, 0.05) is 33.7 Å². The highest BCUT2D eigenvalue weighted by molar-refractivity contribution is 7.71. The number of hydrogen-bond donors (Lipinski definition) is 1. The first-order valence-electron chi connectivity index (χ1n) is 8.95. The van der Waals surface area contributed by atoms with Gasteiger partial charge in [0.25, 0.3) is 0 Å². The van der Waals surface area contributed by atoms with E-state index in [0.29, 0.717) is 41.3 Å². The van der Waals surface area contributed by atoms with Crippen molar-refractivity contribution < 1.29 is 9.13 Å². The third kappa shape index (κ3) is 4.30. The summed E-state index contributed by atoms with van der Waals surface area (Å²) in [6.45, 7) is 3.21. The van der Waals surface area contributed by atoms with Gasteiger partial charge in [-0.15, -0.1) is 0 Å². The molecule has 1 fully saturated rings. The second kappa shape index (κ2) is 8.65. The van der Waals surface area contributed by atoms with Crippen LogP contribution >= 0.6 is 12.2 Å². The smallest absolute Gasteiger partial charge is 0.182 e. The van der Waals surface area contributed by atoms with Crippen molar-refractivity contribution in [1.82, 2.24) is 14.0 Å². The van der Waals surface area contributed by atoms with Crippen LogP contribution in [0.15, 0.2) is 29.3 Å². The molecule has 9 heteroatoms. The zero-order valence-electron chi connectivity index (χ0n) is 15.9. The number of halogens is 1. The first kappa shape index (κ1) is 20.2. The number of morpholine rings is 1. The van der Waals surface area contributed by atoms with Crippen LogP contribution in [0.3, 0.4) is 0 Å². The average Bonchev–Trinajstić information content (AvgIpc) is 2.70. The van der Waals surface area contributed by atoms with Crippen molar-refractivity contribution in [2.45, 2.75) is 12.6 Å². The van der Waals surface area contributed by atoms with Crippen molar-refractivity contribution in [2.75, 3.05) is 32.0 Å². The van der Waals surface area contributed by atoms with E-state index in [2.05, 4.69) is 16.0 Å². The number of nitrogens with two attached hydrogens (primary N) is 1. The van der Waals surface area contributed by atoms with Crippen LogP contribution in [0.2, 0.25) is 0 Å². The molecule has 3 rings (SSSR count). The number of nitrogens with zero attached hydrogens (tertiary/aromatic N) is 5. The van der Waals surface area contributed by atoms with E-state index in [0.717, 1.165) is 18.7 Å². The molecule has 0 amide bonds. The fourth-order valence-corrected chi connectivity index (χ4v) is 3.42. The van der Waals surface area contributed by atoms with Gasteiger partial charge in [-0.2, -0.15) is 5.26 Å². The van der Waals surface area contributed by atoms with Gasteiger partial charge in [-0.3, -0.25) is 9.89 Å². The fraction of sp³-hybridized carbons (Fsp3) is 0.421. The summed E-state index contributed by atoms with van der Waals surface area (Å²) in [6, 6.07) is 8.64. The standard InChI is InChI=1S/C19H23FN6OS/c1-24-17(22)16(9-21)18(25(2)19(24)28)23-10-15-12-26(7-8-27-15)11-13-3-5-14(20)6-4-13/h3-6,15H,7-8,10-12,22H2,1-2H3. The molecule has 0 spiro atoms. The number of nitriles is 1. The maximum absolute atomic E-state index is 13.1. The van der Waals surface area contributed by atoms with E-state index >= 15 is 0 Å². The lowest BCUT2D eigenvalue weighted by atomic mass is 10.2. The van der Waals surface area contributed by atoms with Crippen LogP contribution in [-0.2, 0) is 25.4 Å². The zero-order valence-corrected chi connectivity index (χ0v) is 16.7. The molecule has 7 nitrogen and oxygen atoms in total. The summed E-state index contributed by atoms with van der Waals surface area (Å²) in [6.07, 6.45) is -0.107. The van der Waals surface area contributed by atoms with E-state index in [4.69, 9.17) is 22.7 Å². The van der Waals surface area contributed by atoms with Crippen molar-refractivity contribution >= 4 is 18.0 Å². The molecular formula is C19H23FN6OS. The summed E-state index contributed by atoms with van der Waals surface area (Å²) in [5, 5.41) is 9.48. The number of nitrogen functional groups attached to an aromatic ring is 1. The van der Waals surface area contributed by atoms with Crippen LogP contribution in [0.25, 0.3) is 0 Å². The topological polar surface area (TPSA) is 84.5 Å². The zero-order chi connectivity index (χ0) is 20.3. The summed E-state index contributed by atoms with van der Waals surface area (Å²) in [4.78, 5) is 6.85. The van der Waals surface area contributed by atoms with E-state index in [1.54, 1.807) is 35.4 Å². The molecule has 148 valence electrons. The molecule has 1 aliphatic heterocycles. The second-order valence-electron chi connectivity index (χ2n) is 6.79. The third-order valence-corrected chi connectivity index (χ3v) is 5.38. The molecule has 28 heavy (non-hydrogen) atoms. The van der Waals surface area contributed by atoms with E-state index in [1.807, 2.05) is 0 Å². The minimum absolute atomic E-state index is 0.107. The predicted molar refractivity (Wildman–Crippen MR) is 106 cm³/mol. The number of aromatic nitrogens is 2. The second-order valence-corrected chi connectivity index (χ2v) is 7.16. The van der Waals surface area contributed by atoms with Gasteiger partial charge in [0.1, 0.15) is 23.3 Å². The number of hydrogen-bond acceptors (Lipinski definition) is 6. The molecule has 2 heterocycles. The van der Waals surface area contributed by atoms with Gasteiger partial charge in [0.2, 0.25) is 0 Å². The molecule has 0 saturated carbocycles. The highest BCUT2D eigenvalue weighted by Gasteiger charge is 2.20. The molecule has 2 N–H and O–H groups in total. The lowest BCUT2D eigenvalue weighted by Crippen LogP contribution is -2.43. The van der Waals surface area contributed by atoms with Crippen molar-refractivity contribution in [3.8, 4) is 6.07 Å². The van der Waals surface area contributed by atoms with Crippen molar-refractivity contribution in [2.24, 2.45) is 19.1 Å². The van der Waals surface area contributed by atoms with Crippen LogP contribution in [-0.4, -0.2) is 46.4 Å². The maximum Gasteiger partial charge on any atom is 0.182 e. The largest absolute Gasteiger partial charge is 0.384 e. The molecule has 1 unspecified atom stereocenters. The molecule has 2 aromatic rings. The molecule has 1 aliphatic rings. The molecular weight excluding hydrogens is 379 g/mol. The van der Waals surface area contributed by atoms with E-state index in [9.17, 15) is 9.65 Å². The summed E-state index contributed by atoms with van der Waals surface area (Å²) in [5.41, 5.74) is 7.84. The number of ether oxygens (including phenoxy) is 1. The van der Waals surface area contributed by atoms with E-state index in [1.165, 1.54) is 12.1 Å². The molecule has 0 bridgehead atoms. The maximum atomic E-state index is 13.1. The Morgan fingerprint density at radius 2 is 2.04 bits per heavy atom. The Morgan fingerprint density at radius 1 is 1.32 bits per heavy atom. The monoisotopic (exact) mass is 402 g/mol. The van der Waals surface area contributed by atoms with Gasteiger partial charge in [0.05, 0.1) is 19.3 Å². The van der Waals surface area contributed by atoms with Gasteiger partial charge < -0.3 is 19.6 Å². The number of rotatable bonds is 4. The fourth-order valence-electron chi connectivity index (χ4n) is 3.23. The average molecular weight is 402 g/mol. The highest BCUT2D eigenvalue weighted by Crippen LogP contribution is 2.12. The Hall–Kier alpha value is -2.54. The number of anilines is 1. The van der Waals surface area contributed by atoms with E-state index in [-0.39, 0.29) is 11.9 Å². The summed E-state index contributed by atoms with van der Waals surface area (Å²) >= 11 is 5.36. The van der Waals surface area contributed by atoms with Gasteiger partial charge in [-0.1, -0.05) is 12.1 Å². The quantitative estimate of drug-likeness (QED) is 0.784. The van der Waals surface area contributed by atoms with Crippen LogP contribution in [0.4, 0.5) is 10.2 Å². The Kier molecular flexibility index (Phi) is 6.24. The molecule has 1 saturated heterocycles. The van der Waals surface area contributed by atoms with Gasteiger partial charge in [-0.25, -0.2) is 4.39 Å². The van der Waals surface area contributed by atoms with Crippen molar-refractivity contribution in [3.05, 3.63) is 51.5 Å². The first-order valence-corrected chi connectivity index (χ1v) is 9.36. The summed E-state index contributed by atoms with van der Waals surface area (Å²) in [5.74, 6) is 0.0621. The lowest BCUT2D eigenvalue weighted by molar-refractivity contribution is -0.0262. The molecule has 0 radical (unpaired) electrons. The lowest BCUT2D eigenvalue weighted by Gasteiger charge is -2.32. The summed E-state index contributed by atoms with van der Waals surface area (Å²) in [7, 11) is 3.49. The molecule has 1 atom stereocenters. The normalized spacial score (nSPS) is 18.2. The first-order chi connectivity index (χ1) is 13.4. The van der Waals surface area contributed by atoms with Gasteiger partial charge in [-0.05, 0) is 29.9 Å². The Bertz CT molecular complexity index is 1020. The molecule has 0 aliphatic carbocycles. The van der Waals surface area contributed by atoms with Gasteiger partial charge >= 0.3 is 0 Å².